The van der Waals surface area contributed by atoms with E-state index in [9.17, 15) is 9.90 Å². The minimum Gasteiger partial charge on any atom is -0.508 e. The maximum Gasteiger partial charge on any atom is 0.254 e. The summed E-state index contributed by atoms with van der Waals surface area (Å²) in [5.41, 5.74) is 13.2. The van der Waals surface area contributed by atoms with Crippen LogP contribution in [0.15, 0.2) is 17.4 Å². The van der Waals surface area contributed by atoms with E-state index in [2.05, 4.69) is 9.97 Å². The lowest BCUT2D eigenvalue weighted by Gasteiger charge is -2.24. The molecule has 126 valence electrons. The van der Waals surface area contributed by atoms with Crippen LogP contribution in [-0.4, -0.2) is 25.5 Å². The van der Waals surface area contributed by atoms with Gasteiger partial charge in [0.05, 0.1) is 11.4 Å². The van der Waals surface area contributed by atoms with Gasteiger partial charge < -0.3 is 16.6 Å². The number of hydrogen-bond donors (Lipinski definition) is 3. The van der Waals surface area contributed by atoms with Crippen molar-refractivity contribution in [3.63, 3.8) is 0 Å². The summed E-state index contributed by atoms with van der Waals surface area (Å²) in [6.07, 6.45) is 2.25. The molecule has 7 nitrogen and oxygen atoms in total. The number of aromatic nitrogens is 3. The molecular weight excluding hydrogens is 306 g/mol. The molecule has 2 heterocycles. The third kappa shape index (κ3) is 2.16. The Bertz CT molecular complexity index is 1030. The van der Waals surface area contributed by atoms with Crippen LogP contribution >= 0.6 is 0 Å². The van der Waals surface area contributed by atoms with E-state index >= 15 is 0 Å². The third-order valence-corrected chi connectivity index (χ3v) is 4.38. The largest absolute Gasteiger partial charge is 0.508 e. The number of amides is 1. The second-order valence-electron chi connectivity index (χ2n) is 6.03. The fourth-order valence-corrected chi connectivity index (χ4v) is 3.11. The van der Waals surface area contributed by atoms with Gasteiger partial charge in [0.25, 0.3) is 5.91 Å². The molecule has 0 spiro atoms. The molecule has 2 aromatic heterocycles. The van der Waals surface area contributed by atoms with Crippen molar-refractivity contribution >= 4 is 28.6 Å². The summed E-state index contributed by atoms with van der Waals surface area (Å²) in [6.45, 7) is 2.68. The van der Waals surface area contributed by atoms with Crippen molar-refractivity contribution < 1.29 is 14.0 Å². The Labute approximate surface area is 143 Å². The molecule has 0 bridgehead atoms. The normalized spacial score (nSPS) is 20.5. The number of rotatable bonds is 2. The van der Waals surface area contributed by atoms with E-state index in [0.29, 0.717) is 17.7 Å². The number of aliphatic hydroxyl groups is 1. The number of anilines is 1. The molecule has 5 N–H and O–H groups in total. The molecule has 0 unspecified atom stereocenters. The van der Waals surface area contributed by atoms with E-state index in [4.69, 9.17) is 15.6 Å². The van der Waals surface area contributed by atoms with E-state index in [0.717, 1.165) is 0 Å². The van der Waals surface area contributed by atoms with E-state index < -0.39 is 12.8 Å². The summed E-state index contributed by atoms with van der Waals surface area (Å²) in [6, 6.07) is 0. The van der Waals surface area contributed by atoms with Crippen molar-refractivity contribution in [3.8, 4) is 0 Å². The summed E-state index contributed by atoms with van der Waals surface area (Å²) in [5.74, 6) is -0.719. The van der Waals surface area contributed by atoms with Crippen LogP contribution < -0.4 is 11.5 Å². The van der Waals surface area contributed by atoms with Gasteiger partial charge in [0, 0.05) is 21.3 Å². The van der Waals surface area contributed by atoms with E-state index in [1.165, 1.54) is 11.5 Å². The number of hydrogen-bond acceptors (Lipinski definition) is 5. The van der Waals surface area contributed by atoms with Gasteiger partial charge in [-0.15, -0.1) is 0 Å². The third-order valence-electron chi connectivity index (χ3n) is 4.38. The summed E-state index contributed by atoms with van der Waals surface area (Å²) in [5, 5.41) is 10.2. The molecule has 1 atom stereocenters. The number of allylic oxidation sites excluding steroid dienone is 3. The minimum atomic E-state index is -2.48. The van der Waals surface area contributed by atoms with Crippen molar-refractivity contribution in [1.29, 1.82) is 0 Å². The summed E-state index contributed by atoms with van der Waals surface area (Å²) in [4.78, 5) is 20.6. The molecule has 0 radical (unpaired) electrons. The zero-order chi connectivity index (χ0) is 20.3. The number of fused-ring (bicyclic) bond motifs is 1. The Morgan fingerprint density at radius 2 is 2.12 bits per heavy atom. The number of carbonyl (C=O) groups is 1. The Morgan fingerprint density at radius 3 is 2.75 bits per heavy atom. The zero-order valence-corrected chi connectivity index (χ0v) is 13.7. The Morgan fingerprint density at radius 1 is 1.42 bits per heavy atom. The van der Waals surface area contributed by atoms with E-state index in [1.807, 2.05) is 6.92 Å². The van der Waals surface area contributed by atoms with Gasteiger partial charge in [-0.05, 0) is 33.2 Å². The number of nitrogens with zero attached hydrogens (tertiary/aromatic N) is 3. The van der Waals surface area contributed by atoms with Gasteiger partial charge in [0.1, 0.15) is 22.7 Å². The average Bonchev–Trinajstić information content (AvgIpc) is 2.81. The first-order chi connectivity index (χ1) is 12.4. The minimum absolute atomic E-state index is 0.0146. The molecule has 0 fully saturated rings. The first-order valence-corrected chi connectivity index (χ1v) is 7.54. The molecule has 1 aliphatic rings. The van der Waals surface area contributed by atoms with Crippen LogP contribution in [-0.2, 0) is 0 Å². The van der Waals surface area contributed by atoms with Crippen LogP contribution in [0.3, 0.4) is 0 Å². The number of carbonyl (C=O) groups excluding carboxylic acids is 1. The Kier molecular flexibility index (Phi) is 2.81. The standard InChI is InChI=1S/C17H21N5O2/c1-7-5-6-11(23)8(2)14(7)22-15(18)12(16(19)24)13-17(22)21-10(4)9(3)20-13/h6-7,23H,5,18H2,1-4H3,(H2,19,24)/t7-/m1/s1/i4D3. The van der Waals surface area contributed by atoms with Crippen molar-refractivity contribution in [2.75, 3.05) is 5.73 Å². The number of aliphatic hydroxyl groups excluding tert-OH is 1. The second-order valence-corrected chi connectivity index (χ2v) is 6.03. The molecule has 0 saturated carbocycles. The highest BCUT2D eigenvalue weighted by molar-refractivity contribution is 6.10. The lowest BCUT2D eigenvalue weighted by Crippen LogP contribution is -2.17. The van der Waals surface area contributed by atoms with Crippen molar-refractivity contribution in [1.82, 2.24) is 14.5 Å². The second kappa shape index (κ2) is 5.36. The van der Waals surface area contributed by atoms with Gasteiger partial charge in [-0.25, -0.2) is 9.97 Å². The highest BCUT2D eigenvalue weighted by Crippen LogP contribution is 2.38. The molecule has 24 heavy (non-hydrogen) atoms. The van der Waals surface area contributed by atoms with Crippen LogP contribution in [0.1, 0.15) is 46.1 Å². The monoisotopic (exact) mass is 330 g/mol. The lowest BCUT2D eigenvalue weighted by molar-refractivity contribution is 0.100. The lowest BCUT2D eigenvalue weighted by atomic mass is 9.93. The number of aryl methyl sites for hydroxylation is 2. The molecule has 7 heteroatoms. The van der Waals surface area contributed by atoms with Crippen LogP contribution in [0.25, 0.3) is 16.9 Å². The average molecular weight is 330 g/mol. The molecule has 1 aliphatic carbocycles. The Balaban J connectivity index is 2.49. The highest BCUT2D eigenvalue weighted by atomic mass is 16.3. The van der Waals surface area contributed by atoms with Crippen LogP contribution in [0.2, 0.25) is 0 Å². The quantitative estimate of drug-likeness (QED) is 0.781. The first kappa shape index (κ1) is 12.6. The van der Waals surface area contributed by atoms with Crippen molar-refractivity contribution in [3.05, 3.63) is 34.4 Å². The van der Waals surface area contributed by atoms with Crippen LogP contribution in [0, 0.1) is 19.7 Å². The van der Waals surface area contributed by atoms with Crippen LogP contribution in [0.4, 0.5) is 5.82 Å². The topological polar surface area (TPSA) is 120 Å². The van der Waals surface area contributed by atoms with Crippen LogP contribution in [0.5, 0.6) is 0 Å². The number of nitrogens with two attached hydrogens (primary N) is 2. The van der Waals surface area contributed by atoms with Gasteiger partial charge in [0.2, 0.25) is 0 Å². The van der Waals surface area contributed by atoms with Crippen molar-refractivity contribution in [2.45, 2.75) is 34.0 Å². The summed E-state index contributed by atoms with van der Waals surface area (Å²) >= 11 is 0. The molecule has 3 rings (SSSR count). The zero-order valence-electron chi connectivity index (χ0n) is 16.7. The number of nitrogen functional groups attached to an aromatic ring is 1. The molecule has 2 aromatic rings. The number of primary amides is 1. The maximum atomic E-state index is 12.0. The molecule has 0 aromatic carbocycles. The first-order valence-electron chi connectivity index (χ1n) is 9.04. The predicted molar refractivity (Wildman–Crippen MR) is 93.3 cm³/mol. The van der Waals surface area contributed by atoms with Gasteiger partial charge >= 0.3 is 0 Å². The fraction of sp³-hybridized carbons (Fsp3) is 0.353. The maximum absolute atomic E-state index is 12.0. The molecule has 0 aliphatic heterocycles. The van der Waals surface area contributed by atoms with Gasteiger partial charge in [-0.3, -0.25) is 9.36 Å². The van der Waals surface area contributed by atoms with E-state index in [1.54, 1.807) is 13.0 Å². The summed E-state index contributed by atoms with van der Waals surface area (Å²) in [7, 11) is 0. The molecule has 1 amide bonds. The fourth-order valence-electron chi connectivity index (χ4n) is 3.11. The SMILES string of the molecule is [2H]C([2H])([2H])c1nc2c(nc1C)c(C(N)=O)c(N)n2C1=C(C)C(O)=CC[C@H]1C. The molecule has 0 saturated heterocycles. The Hall–Kier alpha value is -2.83. The highest BCUT2D eigenvalue weighted by Gasteiger charge is 2.28. The molecular formula is C17H21N5O2. The predicted octanol–water partition coefficient (Wildman–Crippen LogP) is 2.44. The smallest absolute Gasteiger partial charge is 0.254 e. The van der Waals surface area contributed by atoms with Gasteiger partial charge in [-0.2, -0.15) is 0 Å². The van der Waals surface area contributed by atoms with Gasteiger partial charge in [0.15, 0.2) is 5.65 Å². The van der Waals surface area contributed by atoms with Crippen molar-refractivity contribution in [2.24, 2.45) is 11.7 Å². The van der Waals surface area contributed by atoms with Gasteiger partial charge in [-0.1, -0.05) is 6.92 Å². The summed E-state index contributed by atoms with van der Waals surface area (Å²) < 4.78 is 24.6. The van der Waals surface area contributed by atoms with E-state index in [-0.39, 0.29) is 45.6 Å².